The highest BCUT2D eigenvalue weighted by Crippen LogP contribution is 2.31. The molecule has 1 amide bonds. The topological polar surface area (TPSA) is 60.5 Å². The van der Waals surface area contributed by atoms with E-state index in [1.54, 1.807) is 55.5 Å². The number of hydrogen-bond donors (Lipinski definition) is 1. The number of thioether (sulfide) groups is 1. The number of carbonyl (C=O) groups is 1. The molecule has 3 rings (SSSR count). The van der Waals surface area contributed by atoms with Gasteiger partial charge in [0.2, 0.25) is 0 Å². The van der Waals surface area contributed by atoms with Crippen molar-refractivity contribution >= 4 is 44.9 Å². The number of ether oxygens (including phenoxy) is 2. The van der Waals surface area contributed by atoms with Crippen LogP contribution in [0.2, 0.25) is 0 Å². The molecule has 3 aromatic rings. The van der Waals surface area contributed by atoms with Gasteiger partial charge in [0.15, 0.2) is 15.8 Å². The molecule has 1 heterocycles. The lowest BCUT2D eigenvalue weighted by molar-refractivity contribution is 0.102. The van der Waals surface area contributed by atoms with Gasteiger partial charge in [-0.15, -0.1) is 11.3 Å². The van der Waals surface area contributed by atoms with Crippen molar-refractivity contribution in [2.24, 2.45) is 0 Å². The van der Waals surface area contributed by atoms with E-state index < -0.39 is 0 Å². The number of fused-ring (bicyclic) bond motifs is 1. The molecule has 0 aliphatic rings. The van der Waals surface area contributed by atoms with Gasteiger partial charge in [0, 0.05) is 11.3 Å². The molecule has 1 aromatic heterocycles. The van der Waals surface area contributed by atoms with E-state index in [1.807, 2.05) is 18.2 Å². The van der Waals surface area contributed by atoms with Crippen LogP contribution in [0.25, 0.3) is 10.2 Å². The van der Waals surface area contributed by atoms with E-state index in [4.69, 9.17) is 9.47 Å². The van der Waals surface area contributed by atoms with Gasteiger partial charge in [0.05, 0.1) is 24.4 Å². The van der Waals surface area contributed by atoms with Crippen LogP contribution in [0.4, 0.5) is 5.69 Å². The molecule has 0 spiro atoms. The van der Waals surface area contributed by atoms with Gasteiger partial charge in [-0.05, 0) is 42.2 Å². The Kier molecular flexibility index (Phi) is 5.45. The molecule has 25 heavy (non-hydrogen) atoms. The zero-order valence-electron chi connectivity index (χ0n) is 14.2. The minimum Gasteiger partial charge on any atom is -0.493 e. The summed E-state index contributed by atoms with van der Waals surface area (Å²) in [7, 11) is 3.11. The van der Waals surface area contributed by atoms with Gasteiger partial charge < -0.3 is 14.8 Å². The third-order valence-electron chi connectivity index (χ3n) is 3.54. The summed E-state index contributed by atoms with van der Waals surface area (Å²) in [5, 5.41) is 2.92. The Balaban J connectivity index is 1.81. The first-order valence-electron chi connectivity index (χ1n) is 7.71. The van der Waals surface area contributed by atoms with E-state index in [-0.39, 0.29) is 5.91 Å². The number of anilines is 1. The van der Waals surface area contributed by atoms with E-state index in [0.29, 0.717) is 17.1 Å². The summed E-state index contributed by atoms with van der Waals surface area (Å²) in [6.07, 6.45) is 0. The van der Waals surface area contributed by atoms with Crippen molar-refractivity contribution in [2.45, 2.75) is 11.3 Å². The monoisotopic (exact) mass is 374 g/mol. The van der Waals surface area contributed by atoms with E-state index in [0.717, 1.165) is 26.0 Å². The second-order valence-electron chi connectivity index (χ2n) is 5.12. The molecule has 5 nitrogen and oxygen atoms in total. The standard InChI is InChI=1S/C18H18N2O3S2/c1-4-24-18-20-13-7-6-12(10-16(13)25-18)19-17(21)11-5-8-14(22-2)15(9-11)23-3/h5-10H,4H2,1-3H3,(H,19,21). The Morgan fingerprint density at radius 1 is 1.16 bits per heavy atom. The summed E-state index contributed by atoms with van der Waals surface area (Å²) in [5.41, 5.74) is 2.19. The fourth-order valence-electron chi connectivity index (χ4n) is 2.35. The van der Waals surface area contributed by atoms with Crippen LogP contribution in [0.15, 0.2) is 40.7 Å². The summed E-state index contributed by atoms with van der Waals surface area (Å²) in [4.78, 5) is 17.1. The molecule has 0 fully saturated rings. The number of aromatic nitrogens is 1. The van der Waals surface area contributed by atoms with Gasteiger partial charge >= 0.3 is 0 Å². The molecule has 0 bridgehead atoms. The second-order valence-corrected chi connectivity index (χ2v) is 7.66. The Morgan fingerprint density at radius 2 is 1.96 bits per heavy atom. The minimum absolute atomic E-state index is 0.201. The van der Waals surface area contributed by atoms with Crippen LogP contribution in [0, 0.1) is 0 Å². The van der Waals surface area contributed by atoms with Crippen molar-refractivity contribution in [3.05, 3.63) is 42.0 Å². The van der Waals surface area contributed by atoms with Crippen LogP contribution < -0.4 is 14.8 Å². The molecule has 0 radical (unpaired) electrons. The van der Waals surface area contributed by atoms with Crippen LogP contribution in [-0.4, -0.2) is 30.9 Å². The third-order valence-corrected chi connectivity index (χ3v) is 5.58. The summed E-state index contributed by atoms with van der Waals surface area (Å²) >= 11 is 3.35. The Labute approximate surface area is 154 Å². The van der Waals surface area contributed by atoms with Gasteiger partial charge in [-0.2, -0.15) is 0 Å². The van der Waals surface area contributed by atoms with Crippen molar-refractivity contribution in [3.8, 4) is 11.5 Å². The van der Waals surface area contributed by atoms with Crippen molar-refractivity contribution in [3.63, 3.8) is 0 Å². The largest absolute Gasteiger partial charge is 0.493 e. The maximum absolute atomic E-state index is 12.5. The number of hydrogen-bond acceptors (Lipinski definition) is 6. The third kappa shape index (κ3) is 3.88. The fourth-order valence-corrected chi connectivity index (χ4v) is 4.35. The normalized spacial score (nSPS) is 10.7. The van der Waals surface area contributed by atoms with E-state index in [1.165, 1.54) is 0 Å². The summed E-state index contributed by atoms with van der Waals surface area (Å²) in [5.74, 6) is 1.90. The average molecular weight is 374 g/mol. The van der Waals surface area contributed by atoms with Gasteiger partial charge in [-0.3, -0.25) is 4.79 Å². The van der Waals surface area contributed by atoms with E-state index in [2.05, 4.69) is 17.2 Å². The van der Waals surface area contributed by atoms with Crippen LogP contribution in [0.5, 0.6) is 11.5 Å². The predicted octanol–water partition coefficient (Wildman–Crippen LogP) is 4.68. The van der Waals surface area contributed by atoms with E-state index in [9.17, 15) is 4.79 Å². The molecular formula is C18H18N2O3S2. The molecule has 0 aliphatic carbocycles. The number of amides is 1. The number of methoxy groups -OCH3 is 2. The van der Waals surface area contributed by atoms with Gasteiger partial charge in [-0.25, -0.2) is 4.98 Å². The predicted molar refractivity (Wildman–Crippen MR) is 104 cm³/mol. The van der Waals surface area contributed by atoms with Crippen LogP contribution >= 0.6 is 23.1 Å². The molecule has 0 atom stereocenters. The summed E-state index contributed by atoms with van der Waals surface area (Å²) in [6, 6.07) is 10.8. The van der Waals surface area contributed by atoms with Gasteiger partial charge in [0.25, 0.3) is 5.91 Å². The van der Waals surface area contributed by atoms with E-state index >= 15 is 0 Å². The van der Waals surface area contributed by atoms with Crippen LogP contribution in [-0.2, 0) is 0 Å². The lowest BCUT2D eigenvalue weighted by atomic mass is 10.2. The Hall–Kier alpha value is -2.25. The molecule has 130 valence electrons. The average Bonchev–Trinajstić information content (AvgIpc) is 3.03. The van der Waals surface area contributed by atoms with Gasteiger partial charge in [0.1, 0.15) is 0 Å². The number of nitrogens with one attached hydrogen (secondary N) is 1. The summed E-state index contributed by atoms with van der Waals surface area (Å²) in [6.45, 7) is 2.10. The summed E-state index contributed by atoms with van der Waals surface area (Å²) < 4.78 is 12.5. The lowest BCUT2D eigenvalue weighted by Gasteiger charge is -2.10. The van der Waals surface area contributed by atoms with Crippen molar-refractivity contribution < 1.29 is 14.3 Å². The molecule has 7 heteroatoms. The number of nitrogens with zero attached hydrogens (tertiary/aromatic N) is 1. The molecule has 0 aliphatic heterocycles. The zero-order valence-corrected chi connectivity index (χ0v) is 15.8. The highest BCUT2D eigenvalue weighted by molar-refractivity contribution is 8.01. The number of rotatable bonds is 6. The number of benzene rings is 2. The SMILES string of the molecule is CCSc1nc2ccc(NC(=O)c3ccc(OC)c(OC)c3)cc2s1. The first kappa shape index (κ1) is 17.6. The lowest BCUT2D eigenvalue weighted by Crippen LogP contribution is -2.12. The first-order chi connectivity index (χ1) is 12.1. The molecule has 0 unspecified atom stereocenters. The maximum atomic E-state index is 12.5. The highest BCUT2D eigenvalue weighted by atomic mass is 32.2. The minimum atomic E-state index is -0.201. The highest BCUT2D eigenvalue weighted by Gasteiger charge is 2.12. The van der Waals surface area contributed by atoms with Crippen LogP contribution in [0.3, 0.4) is 0 Å². The molecule has 0 saturated carbocycles. The smallest absolute Gasteiger partial charge is 0.255 e. The molecule has 1 N–H and O–H groups in total. The molecule has 0 saturated heterocycles. The maximum Gasteiger partial charge on any atom is 0.255 e. The van der Waals surface area contributed by atoms with Gasteiger partial charge in [-0.1, -0.05) is 18.7 Å². The quantitative estimate of drug-likeness (QED) is 0.635. The number of carbonyl (C=O) groups excluding carboxylic acids is 1. The first-order valence-corrected chi connectivity index (χ1v) is 9.51. The van der Waals surface area contributed by atoms with Crippen molar-refractivity contribution in [1.82, 2.24) is 4.98 Å². The van der Waals surface area contributed by atoms with Crippen LogP contribution in [0.1, 0.15) is 17.3 Å². The molecule has 2 aromatic carbocycles. The Bertz CT molecular complexity index is 908. The zero-order chi connectivity index (χ0) is 17.8. The second kappa shape index (κ2) is 7.76. The molecular weight excluding hydrogens is 356 g/mol. The fraction of sp³-hybridized carbons (Fsp3) is 0.222. The van der Waals surface area contributed by atoms with Crippen molar-refractivity contribution in [1.29, 1.82) is 0 Å². The van der Waals surface area contributed by atoms with Crippen molar-refractivity contribution in [2.75, 3.05) is 25.3 Å². The Morgan fingerprint density at radius 3 is 2.68 bits per heavy atom. The number of thiazole rings is 1.